The van der Waals surface area contributed by atoms with Gasteiger partial charge < -0.3 is 31.5 Å². The minimum absolute atomic E-state index is 0. The summed E-state index contributed by atoms with van der Waals surface area (Å²) < 4.78 is 4.54. The van der Waals surface area contributed by atoms with Crippen LogP contribution in [0.5, 0.6) is 0 Å². The van der Waals surface area contributed by atoms with Crippen LogP contribution in [0, 0.1) is 38.6 Å². The molecule has 4 aromatic heterocycles. The maximum absolute atomic E-state index is 12.1. The maximum atomic E-state index is 12.1. The predicted octanol–water partition coefficient (Wildman–Crippen LogP) is 11.4. The van der Waals surface area contributed by atoms with Gasteiger partial charge in [0.05, 0.1) is 11.4 Å². The number of hydrogen-bond donors (Lipinski definition) is 4. The molecule has 103 heavy (non-hydrogen) atoms. The summed E-state index contributed by atoms with van der Waals surface area (Å²) in [6, 6.07) is 72.0. The molecule has 4 amide bonds. The molecule has 2 aliphatic heterocycles. The number of hydrogen-bond acceptors (Lipinski definition) is 10. The van der Waals surface area contributed by atoms with E-state index < -0.39 is 44.8 Å². The van der Waals surface area contributed by atoms with Crippen LogP contribution in [-0.4, -0.2) is 112 Å². The number of carbonyl (C=O) groups is 4. The van der Waals surface area contributed by atoms with Crippen LogP contribution in [0.15, 0.2) is 219 Å². The van der Waals surface area contributed by atoms with Crippen molar-refractivity contribution in [2.75, 3.05) is 27.2 Å². The molecular formula is C81H85Cl2IN10O6P2Pd. The van der Waals surface area contributed by atoms with Crippen molar-refractivity contribution in [2.24, 2.45) is 22.3 Å². The normalized spacial score (nSPS) is 17.2. The first-order valence-corrected chi connectivity index (χ1v) is 40.7. The number of primary amides is 2. The zero-order valence-electron chi connectivity index (χ0n) is 57.5. The molecule has 10 aromatic rings. The Kier molecular flexibility index (Phi) is 28.9. The second-order valence-corrected chi connectivity index (χ2v) is 34.4. The average Bonchev–Trinajstić information content (AvgIpc) is 1.63. The SMILES string of the molecule is C.C#C[C@]1(O)CCN(C)C1=O.CC1(C)CCc2c(C(N)=O)nn(-c3cc(I)ccn3)c2C1.CN1CC[C@@](O)(C#Cc2ccnc(-n3nc(C(N)=O)c4c3CC(C)(C)CC4)c2)C1=O.[Cl][Pd][Cl].c1ccc(P(c2ccccc2)c2ccccc2)cc1.c1ccc(P(c2ccccc2)c2ccccc2)cc1. The molecule has 6 heterocycles. The van der Waals surface area contributed by atoms with Gasteiger partial charge in [-0.1, -0.05) is 235 Å². The van der Waals surface area contributed by atoms with Gasteiger partial charge in [0.1, 0.15) is 0 Å². The molecule has 0 saturated carbocycles. The van der Waals surface area contributed by atoms with E-state index in [2.05, 4.69) is 270 Å². The standard InChI is InChI=1S/C22H25N5O3.2C18H15P.C15H17IN4O.C7H9NO2.CH4.2ClH.Pd/c1-21(2)7-5-15-16(13-21)27(25-18(15)19(23)28)17-12-14(6-10-24-17)4-8-22(30)9-11-26(3)20(22)29;2*1-4-10-16(11-5-1)19(17-12-6-2-7-13-17)18-14-8-3-9-15-18;1-15(2)5-3-10-11(8-15)20(19-13(10)14(17)21)12-7-9(16)4-6-18-12;1-3-7(10)4-5-8(2)6(7)9;;;;/h6,10,12,30H,5,7,9,11,13H2,1-3H3,(H2,23,28);2*1-15H;4,6-7H,3,5,8H2,1-2H3,(H2,17,21);1,10H,4-5H2,2H3;1H4;2*1H;/q;;;;;;;;+2/p-2/t22-;;;;7-;;;;/m0...0..../s1. The Morgan fingerprint density at radius 3 is 1.15 bits per heavy atom. The number of likely N-dealkylation sites (tertiary alicyclic amines) is 2. The molecule has 2 saturated heterocycles. The van der Waals surface area contributed by atoms with E-state index in [0.29, 0.717) is 36.6 Å². The third-order valence-corrected chi connectivity index (χ3v) is 23.2. The zero-order chi connectivity index (χ0) is 73.2. The predicted molar refractivity (Wildman–Crippen MR) is 423 cm³/mol. The molecule has 4 aliphatic rings. The summed E-state index contributed by atoms with van der Waals surface area (Å²) in [6.45, 7) is 9.85. The Morgan fingerprint density at radius 1 is 0.534 bits per heavy atom. The molecule has 0 unspecified atom stereocenters. The second-order valence-electron chi connectivity index (χ2n) is 26.3. The molecule has 2 atom stereocenters. The number of aliphatic hydroxyl groups is 2. The molecule has 0 radical (unpaired) electrons. The summed E-state index contributed by atoms with van der Waals surface area (Å²) in [6.07, 6.45) is 14.1. The molecule has 6 aromatic carbocycles. The molecular weight excluding hydrogens is 1580 g/mol. The summed E-state index contributed by atoms with van der Waals surface area (Å²) in [7, 11) is 12.0. The second kappa shape index (κ2) is 37.0. The van der Waals surface area contributed by atoms with E-state index in [9.17, 15) is 29.4 Å². The van der Waals surface area contributed by atoms with Gasteiger partial charge in [0, 0.05) is 72.7 Å². The van der Waals surface area contributed by atoms with E-state index in [4.69, 9.17) is 36.9 Å². The number of terminal acetylenes is 1. The fourth-order valence-corrected chi connectivity index (χ4v) is 17.3. The molecule has 0 bridgehead atoms. The van der Waals surface area contributed by atoms with Crippen molar-refractivity contribution in [3.8, 4) is 35.8 Å². The van der Waals surface area contributed by atoms with Gasteiger partial charge in [-0.2, -0.15) is 10.2 Å². The number of aromatic nitrogens is 6. The van der Waals surface area contributed by atoms with Crippen LogP contribution in [0.1, 0.15) is 110 Å². The van der Waals surface area contributed by atoms with E-state index in [1.807, 2.05) is 12.1 Å². The summed E-state index contributed by atoms with van der Waals surface area (Å²) in [5.41, 5.74) is 13.3. The van der Waals surface area contributed by atoms with Crippen LogP contribution < -0.4 is 43.3 Å². The number of nitrogens with two attached hydrogens (primary N) is 2. The topological polar surface area (TPSA) is 229 Å². The van der Waals surface area contributed by atoms with Crippen LogP contribution in [0.25, 0.3) is 11.6 Å². The Morgan fingerprint density at radius 2 is 0.854 bits per heavy atom. The van der Waals surface area contributed by atoms with Gasteiger partial charge in [0.2, 0.25) is 11.2 Å². The van der Waals surface area contributed by atoms with Crippen LogP contribution in [0.3, 0.4) is 0 Å². The van der Waals surface area contributed by atoms with Crippen molar-refractivity contribution in [2.45, 2.75) is 97.7 Å². The third-order valence-electron chi connectivity index (χ3n) is 17.7. The van der Waals surface area contributed by atoms with Gasteiger partial charge in [0.15, 0.2) is 23.0 Å². The van der Waals surface area contributed by atoms with Crippen LogP contribution in [-0.2, 0) is 51.2 Å². The monoisotopic (exact) mass is 1660 g/mol. The van der Waals surface area contributed by atoms with Gasteiger partial charge >= 0.3 is 35.0 Å². The van der Waals surface area contributed by atoms with Gasteiger partial charge in [-0.25, -0.2) is 19.3 Å². The van der Waals surface area contributed by atoms with E-state index in [1.54, 1.807) is 48.0 Å². The van der Waals surface area contributed by atoms with E-state index in [1.165, 1.54) is 41.6 Å². The largest absolute Gasteiger partial charge is 0.0622 e. The number of halogens is 3. The zero-order valence-corrected chi connectivity index (χ0v) is 64.6. The van der Waals surface area contributed by atoms with Crippen LogP contribution in [0.2, 0.25) is 0 Å². The summed E-state index contributed by atoms with van der Waals surface area (Å²) in [4.78, 5) is 58.4. The molecule has 22 heteroatoms. The van der Waals surface area contributed by atoms with Crippen molar-refractivity contribution >= 4 is 113 Å². The van der Waals surface area contributed by atoms with Gasteiger partial charge in [-0.15, -0.1) is 6.42 Å². The first kappa shape index (κ1) is 80.5. The molecule has 0 spiro atoms. The van der Waals surface area contributed by atoms with Crippen LogP contribution in [0.4, 0.5) is 0 Å². The van der Waals surface area contributed by atoms with Crippen molar-refractivity contribution < 1.29 is 45.3 Å². The third kappa shape index (κ3) is 20.8. The van der Waals surface area contributed by atoms with Crippen LogP contribution >= 0.6 is 57.5 Å². The summed E-state index contributed by atoms with van der Waals surface area (Å²) in [5, 5.41) is 37.1. The average molecular weight is 1660 g/mol. The van der Waals surface area contributed by atoms with Crippen molar-refractivity contribution in [1.29, 1.82) is 0 Å². The first-order chi connectivity index (χ1) is 48.9. The number of benzene rings is 6. The Hall–Kier alpha value is -8.21. The number of amides is 4. The first-order valence-electron chi connectivity index (χ1n) is 33.0. The van der Waals surface area contributed by atoms with Gasteiger partial charge in [-0.3, -0.25) is 19.2 Å². The molecule has 16 nitrogen and oxygen atoms in total. The number of nitrogens with zero attached hydrogens (tertiary/aromatic N) is 8. The summed E-state index contributed by atoms with van der Waals surface area (Å²) in [5.74, 6) is 7.18. The van der Waals surface area contributed by atoms with Crippen molar-refractivity contribution in [3.05, 3.63) is 262 Å². The number of pyridine rings is 2. The fourth-order valence-electron chi connectivity index (χ4n) is 12.3. The van der Waals surface area contributed by atoms with Crippen molar-refractivity contribution in [1.82, 2.24) is 39.3 Å². The summed E-state index contributed by atoms with van der Waals surface area (Å²) >= 11 is 2.14. The minimum atomic E-state index is -1.66. The smallest absolute Gasteiger partial charge is 0.0134 e. The maximum Gasteiger partial charge on any atom is -0.0134 e. The Labute approximate surface area is 637 Å². The van der Waals surface area contributed by atoms with Crippen molar-refractivity contribution in [3.63, 3.8) is 0 Å². The molecule has 2 aliphatic carbocycles. The van der Waals surface area contributed by atoms with E-state index in [0.717, 1.165) is 70.4 Å². The Bertz CT molecular complexity index is 4320. The van der Waals surface area contributed by atoms with E-state index in [-0.39, 0.29) is 52.2 Å². The quantitative estimate of drug-likeness (QED) is 0.0438. The molecule has 2 fully saturated rings. The van der Waals surface area contributed by atoms with Gasteiger partial charge in [-0.05, 0) is 144 Å². The number of fused-ring (bicyclic) bond motifs is 2. The number of carbonyl (C=O) groups excluding carboxylic acids is 4. The van der Waals surface area contributed by atoms with Gasteiger partial charge in [0.25, 0.3) is 23.6 Å². The number of rotatable bonds is 10. The number of likely N-dealkylation sites (N-methyl/N-ethyl adjacent to an activating group) is 2. The minimum Gasteiger partial charge on any atom is -0.0622 e. The molecule has 536 valence electrons. The molecule has 6 N–H and O–H groups in total. The Balaban J connectivity index is 0.000000166. The molecule has 14 rings (SSSR count). The fraction of sp³-hybridized carbons (Fsp3) is 0.259. The van der Waals surface area contributed by atoms with E-state index >= 15 is 0 Å².